The van der Waals surface area contributed by atoms with Gasteiger partial charge in [0.15, 0.2) is 11.5 Å². The normalized spacial score (nSPS) is 17.4. The summed E-state index contributed by atoms with van der Waals surface area (Å²) in [6.45, 7) is 7.11. The Labute approximate surface area is 133 Å². The number of hydrogen-bond acceptors (Lipinski definition) is 3. The predicted molar refractivity (Wildman–Crippen MR) is 87.5 cm³/mol. The van der Waals surface area contributed by atoms with Gasteiger partial charge in [-0.05, 0) is 42.0 Å². The fraction of sp³-hybridized carbons (Fsp3) is 0.611. The third kappa shape index (κ3) is 3.21. The monoisotopic (exact) mass is 305 g/mol. The van der Waals surface area contributed by atoms with E-state index < -0.39 is 0 Å². The first-order chi connectivity index (χ1) is 10.5. The highest BCUT2D eigenvalue weighted by Crippen LogP contribution is 2.40. The van der Waals surface area contributed by atoms with Crippen LogP contribution in [0.15, 0.2) is 12.1 Å². The Morgan fingerprint density at radius 3 is 2.45 bits per heavy atom. The number of carbonyl (C=O) groups is 1. The maximum Gasteiger partial charge on any atom is 0.222 e. The van der Waals surface area contributed by atoms with Gasteiger partial charge in [-0.3, -0.25) is 4.79 Å². The number of rotatable bonds is 5. The van der Waals surface area contributed by atoms with Crippen LogP contribution in [0.3, 0.4) is 0 Å². The first-order valence-electron chi connectivity index (χ1n) is 8.06. The molecule has 0 aliphatic carbocycles. The topological polar surface area (TPSA) is 38.8 Å². The Morgan fingerprint density at radius 1 is 1.27 bits per heavy atom. The molecule has 0 bridgehead atoms. The largest absolute Gasteiger partial charge is 0.493 e. The molecule has 1 unspecified atom stereocenters. The number of nitrogens with zero attached hydrogens (tertiary/aromatic N) is 1. The van der Waals surface area contributed by atoms with Crippen molar-refractivity contribution in [3.05, 3.63) is 23.3 Å². The smallest absolute Gasteiger partial charge is 0.222 e. The van der Waals surface area contributed by atoms with E-state index >= 15 is 0 Å². The lowest BCUT2D eigenvalue weighted by Crippen LogP contribution is -2.40. The molecule has 22 heavy (non-hydrogen) atoms. The summed E-state index contributed by atoms with van der Waals surface area (Å²) in [7, 11) is 3.31. The first-order valence-corrected chi connectivity index (χ1v) is 8.06. The molecule has 0 saturated carbocycles. The van der Waals surface area contributed by atoms with Crippen molar-refractivity contribution in [2.75, 3.05) is 20.8 Å². The molecule has 1 aromatic rings. The Bertz CT molecular complexity index is 539. The summed E-state index contributed by atoms with van der Waals surface area (Å²) in [6, 6.07) is 4.25. The summed E-state index contributed by atoms with van der Waals surface area (Å²) in [5.74, 6) is 2.25. The van der Waals surface area contributed by atoms with Crippen molar-refractivity contribution in [1.82, 2.24) is 4.90 Å². The average molecular weight is 305 g/mol. The van der Waals surface area contributed by atoms with Gasteiger partial charge < -0.3 is 14.4 Å². The Balaban J connectivity index is 2.47. The van der Waals surface area contributed by atoms with E-state index in [1.54, 1.807) is 14.2 Å². The predicted octanol–water partition coefficient (Wildman–Crippen LogP) is 3.59. The van der Waals surface area contributed by atoms with E-state index in [9.17, 15) is 4.79 Å². The highest BCUT2D eigenvalue weighted by Gasteiger charge is 2.31. The Kier molecular flexibility index (Phi) is 5.33. The maximum absolute atomic E-state index is 12.3. The fourth-order valence-corrected chi connectivity index (χ4v) is 3.23. The van der Waals surface area contributed by atoms with Gasteiger partial charge in [0, 0.05) is 13.0 Å². The highest BCUT2D eigenvalue weighted by atomic mass is 16.5. The summed E-state index contributed by atoms with van der Waals surface area (Å²) in [5, 5.41) is 0. The summed E-state index contributed by atoms with van der Waals surface area (Å²) in [6.07, 6.45) is 2.39. The number of carbonyl (C=O) groups excluding carboxylic acids is 1. The molecule has 0 spiro atoms. The molecule has 4 heteroatoms. The van der Waals surface area contributed by atoms with Crippen molar-refractivity contribution >= 4 is 5.91 Å². The van der Waals surface area contributed by atoms with Gasteiger partial charge in [0.1, 0.15) is 0 Å². The minimum Gasteiger partial charge on any atom is -0.493 e. The Hall–Kier alpha value is -1.71. The van der Waals surface area contributed by atoms with E-state index in [1.165, 1.54) is 11.1 Å². The van der Waals surface area contributed by atoms with Crippen molar-refractivity contribution in [1.29, 1.82) is 0 Å². The van der Waals surface area contributed by atoms with Crippen molar-refractivity contribution in [2.45, 2.75) is 46.1 Å². The molecule has 122 valence electrons. The fourth-order valence-electron chi connectivity index (χ4n) is 3.23. The summed E-state index contributed by atoms with van der Waals surface area (Å²) in [4.78, 5) is 14.4. The van der Waals surface area contributed by atoms with Crippen LogP contribution in [0.4, 0.5) is 0 Å². The number of fused-ring (bicyclic) bond motifs is 1. The van der Waals surface area contributed by atoms with Gasteiger partial charge in [-0.1, -0.05) is 20.8 Å². The molecule has 1 aliphatic rings. The highest BCUT2D eigenvalue weighted by molar-refractivity contribution is 5.77. The molecule has 4 nitrogen and oxygen atoms in total. The molecule has 2 rings (SSSR count). The molecule has 0 saturated heterocycles. The van der Waals surface area contributed by atoms with Gasteiger partial charge in [-0.25, -0.2) is 0 Å². The lowest BCUT2D eigenvalue weighted by Gasteiger charge is -2.38. The van der Waals surface area contributed by atoms with Crippen LogP contribution in [0.2, 0.25) is 0 Å². The number of methoxy groups -OCH3 is 2. The number of ether oxygens (including phenoxy) is 2. The third-order valence-corrected chi connectivity index (χ3v) is 4.32. The van der Waals surface area contributed by atoms with Crippen molar-refractivity contribution < 1.29 is 14.3 Å². The molecule has 0 fully saturated rings. The molecule has 1 aromatic carbocycles. The SMILES string of the molecule is CCC(=O)N1CCc2cc(OC)c(OC)cc2C1CC(C)C. The van der Waals surface area contributed by atoms with Crippen LogP contribution in [0.25, 0.3) is 0 Å². The quantitative estimate of drug-likeness (QED) is 0.834. The zero-order chi connectivity index (χ0) is 16.3. The summed E-state index contributed by atoms with van der Waals surface area (Å²) >= 11 is 0. The Morgan fingerprint density at radius 2 is 1.91 bits per heavy atom. The van der Waals surface area contributed by atoms with E-state index in [2.05, 4.69) is 26.0 Å². The number of benzene rings is 1. The lowest BCUT2D eigenvalue weighted by molar-refractivity contribution is -0.134. The van der Waals surface area contributed by atoms with Crippen LogP contribution < -0.4 is 9.47 Å². The van der Waals surface area contributed by atoms with E-state index in [-0.39, 0.29) is 11.9 Å². The van der Waals surface area contributed by atoms with Gasteiger partial charge in [0.25, 0.3) is 0 Å². The van der Waals surface area contributed by atoms with E-state index in [4.69, 9.17) is 9.47 Å². The van der Waals surface area contributed by atoms with Gasteiger partial charge in [0.05, 0.1) is 20.3 Å². The van der Waals surface area contributed by atoms with Gasteiger partial charge >= 0.3 is 0 Å². The third-order valence-electron chi connectivity index (χ3n) is 4.32. The molecule has 1 aliphatic heterocycles. The van der Waals surface area contributed by atoms with Crippen molar-refractivity contribution in [3.63, 3.8) is 0 Å². The second kappa shape index (κ2) is 7.03. The number of amides is 1. The molecule has 1 heterocycles. The molecular weight excluding hydrogens is 278 g/mol. The molecule has 0 aromatic heterocycles. The molecule has 1 amide bonds. The van der Waals surface area contributed by atoms with Crippen LogP contribution in [-0.2, 0) is 11.2 Å². The van der Waals surface area contributed by atoms with E-state index in [0.29, 0.717) is 12.3 Å². The van der Waals surface area contributed by atoms with Crippen LogP contribution in [-0.4, -0.2) is 31.6 Å². The van der Waals surface area contributed by atoms with Gasteiger partial charge in [0.2, 0.25) is 5.91 Å². The molecule has 0 radical (unpaired) electrons. The van der Waals surface area contributed by atoms with Crippen LogP contribution in [0, 0.1) is 5.92 Å². The lowest BCUT2D eigenvalue weighted by atomic mass is 9.87. The van der Waals surface area contributed by atoms with Gasteiger partial charge in [-0.2, -0.15) is 0 Å². The molecular formula is C18H27NO3. The van der Waals surface area contributed by atoms with Crippen LogP contribution in [0.1, 0.15) is 50.8 Å². The van der Waals surface area contributed by atoms with Crippen LogP contribution in [0.5, 0.6) is 11.5 Å². The minimum absolute atomic E-state index is 0.135. The van der Waals surface area contributed by atoms with E-state index in [0.717, 1.165) is 30.9 Å². The van der Waals surface area contributed by atoms with E-state index in [1.807, 2.05) is 11.8 Å². The average Bonchev–Trinajstić information content (AvgIpc) is 2.52. The summed E-state index contributed by atoms with van der Waals surface area (Å²) in [5.41, 5.74) is 2.47. The second-order valence-electron chi connectivity index (χ2n) is 6.24. The molecule has 0 N–H and O–H groups in total. The maximum atomic E-state index is 12.3. The van der Waals surface area contributed by atoms with Crippen molar-refractivity contribution in [3.8, 4) is 11.5 Å². The first kappa shape index (κ1) is 16.7. The minimum atomic E-state index is 0.135. The summed E-state index contributed by atoms with van der Waals surface area (Å²) < 4.78 is 10.9. The zero-order valence-electron chi connectivity index (χ0n) is 14.3. The van der Waals surface area contributed by atoms with Gasteiger partial charge in [-0.15, -0.1) is 0 Å². The second-order valence-corrected chi connectivity index (χ2v) is 6.24. The standard InChI is InChI=1S/C18H27NO3/c1-6-18(20)19-8-7-13-10-16(21-4)17(22-5)11-14(13)15(19)9-12(2)3/h10-12,15H,6-9H2,1-5H3. The zero-order valence-corrected chi connectivity index (χ0v) is 14.3. The van der Waals surface area contributed by atoms with Crippen LogP contribution >= 0.6 is 0 Å². The molecule has 1 atom stereocenters. The van der Waals surface area contributed by atoms with Crippen molar-refractivity contribution in [2.24, 2.45) is 5.92 Å². The number of hydrogen-bond donors (Lipinski definition) is 0.